The second kappa shape index (κ2) is 5.46. The minimum atomic E-state index is 0.263. The van der Waals surface area contributed by atoms with Gasteiger partial charge in [0.25, 0.3) is 0 Å². The SMILES string of the molecule is CCCNC(c1ccc(Br)s1)C(C)(C)C. The Morgan fingerprint density at radius 3 is 2.47 bits per heavy atom. The van der Waals surface area contributed by atoms with Gasteiger partial charge >= 0.3 is 0 Å². The van der Waals surface area contributed by atoms with Gasteiger partial charge < -0.3 is 5.32 Å². The molecular weight excluding hydrogens is 270 g/mol. The van der Waals surface area contributed by atoms with E-state index in [2.05, 4.69) is 61.1 Å². The lowest BCUT2D eigenvalue weighted by atomic mass is 9.86. The van der Waals surface area contributed by atoms with Crippen LogP contribution in [0, 0.1) is 5.41 Å². The van der Waals surface area contributed by atoms with Gasteiger partial charge in [0.05, 0.1) is 3.79 Å². The zero-order valence-corrected chi connectivity index (χ0v) is 12.3. The third-order valence-corrected chi connectivity index (χ3v) is 4.03. The summed E-state index contributed by atoms with van der Waals surface area (Å²) in [5, 5.41) is 3.63. The van der Waals surface area contributed by atoms with E-state index in [1.807, 2.05) is 11.3 Å². The molecule has 0 aromatic carbocycles. The van der Waals surface area contributed by atoms with Gasteiger partial charge in [0.1, 0.15) is 0 Å². The molecule has 15 heavy (non-hydrogen) atoms. The smallest absolute Gasteiger partial charge is 0.0701 e. The van der Waals surface area contributed by atoms with Crippen molar-refractivity contribution in [3.8, 4) is 0 Å². The number of rotatable bonds is 4. The molecule has 86 valence electrons. The minimum Gasteiger partial charge on any atom is -0.309 e. The number of thiophene rings is 1. The van der Waals surface area contributed by atoms with Crippen LogP contribution in [0.3, 0.4) is 0 Å². The third-order valence-electron chi connectivity index (χ3n) is 2.34. The Bertz CT molecular complexity index is 301. The lowest BCUT2D eigenvalue weighted by molar-refractivity contribution is 0.277. The molecule has 3 heteroatoms. The topological polar surface area (TPSA) is 12.0 Å². The van der Waals surface area contributed by atoms with Crippen LogP contribution in [0.5, 0.6) is 0 Å². The monoisotopic (exact) mass is 289 g/mol. The predicted molar refractivity (Wildman–Crippen MR) is 72.5 cm³/mol. The molecule has 0 saturated heterocycles. The summed E-state index contributed by atoms with van der Waals surface area (Å²) >= 11 is 5.35. The van der Waals surface area contributed by atoms with Crippen LogP contribution >= 0.6 is 27.3 Å². The molecule has 0 bridgehead atoms. The Morgan fingerprint density at radius 2 is 2.07 bits per heavy atom. The highest BCUT2D eigenvalue weighted by molar-refractivity contribution is 9.11. The highest BCUT2D eigenvalue weighted by Gasteiger charge is 2.26. The molecule has 1 aromatic rings. The van der Waals surface area contributed by atoms with Gasteiger partial charge in [0.2, 0.25) is 0 Å². The van der Waals surface area contributed by atoms with Crippen LogP contribution in [-0.2, 0) is 0 Å². The number of hydrogen-bond donors (Lipinski definition) is 1. The fourth-order valence-corrected chi connectivity index (χ4v) is 3.35. The first-order valence-corrected chi connectivity index (χ1v) is 7.04. The molecule has 1 atom stereocenters. The first-order chi connectivity index (χ1) is 6.95. The van der Waals surface area contributed by atoms with E-state index >= 15 is 0 Å². The quantitative estimate of drug-likeness (QED) is 0.854. The average Bonchev–Trinajstić information content (AvgIpc) is 2.50. The van der Waals surface area contributed by atoms with E-state index < -0.39 is 0 Å². The molecule has 0 spiro atoms. The van der Waals surface area contributed by atoms with Gasteiger partial charge in [-0.05, 0) is 46.4 Å². The Kier molecular flexibility index (Phi) is 4.81. The summed E-state index contributed by atoms with van der Waals surface area (Å²) < 4.78 is 1.21. The lowest BCUT2D eigenvalue weighted by Gasteiger charge is -2.30. The van der Waals surface area contributed by atoms with Crippen LogP contribution in [0.2, 0.25) is 0 Å². The van der Waals surface area contributed by atoms with Crippen molar-refractivity contribution in [2.75, 3.05) is 6.54 Å². The van der Waals surface area contributed by atoms with Crippen LogP contribution in [0.25, 0.3) is 0 Å². The van der Waals surface area contributed by atoms with E-state index in [0.717, 1.165) is 6.54 Å². The second-order valence-electron chi connectivity index (χ2n) is 4.90. The van der Waals surface area contributed by atoms with Crippen LogP contribution < -0.4 is 5.32 Å². The van der Waals surface area contributed by atoms with Crippen molar-refractivity contribution in [2.45, 2.75) is 40.2 Å². The molecule has 1 N–H and O–H groups in total. The van der Waals surface area contributed by atoms with Crippen molar-refractivity contribution >= 4 is 27.3 Å². The maximum atomic E-state index is 3.63. The van der Waals surface area contributed by atoms with Crippen LogP contribution in [0.1, 0.15) is 45.0 Å². The van der Waals surface area contributed by atoms with Gasteiger partial charge in [-0.15, -0.1) is 11.3 Å². The average molecular weight is 290 g/mol. The van der Waals surface area contributed by atoms with E-state index in [1.165, 1.54) is 15.1 Å². The Balaban J connectivity index is 2.81. The fourth-order valence-electron chi connectivity index (χ4n) is 1.61. The normalized spacial score (nSPS) is 14.2. The van der Waals surface area contributed by atoms with Gasteiger partial charge in [0, 0.05) is 10.9 Å². The molecule has 0 saturated carbocycles. The standard InChI is InChI=1S/C12H20BrNS/c1-5-8-14-11(12(2,3)4)9-6-7-10(13)15-9/h6-7,11,14H,5,8H2,1-4H3. The molecule has 0 aliphatic carbocycles. The first-order valence-electron chi connectivity index (χ1n) is 5.43. The second-order valence-corrected chi connectivity index (χ2v) is 7.39. The van der Waals surface area contributed by atoms with Crippen molar-refractivity contribution in [1.82, 2.24) is 5.32 Å². The van der Waals surface area contributed by atoms with Gasteiger partial charge in [-0.2, -0.15) is 0 Å². The molecule has 0 fully saturated rings. The predicted octanol–water partition coefficient (Wildman–Crippen LogP) is 4.60. The Morgan fingerprint density at radius 1 is 1.40 bits per heavy atom. The van der Waals surface area contributed by atoms with E-state index in [-0.39, 0.29) is 5.41 Å². The summed E-state index contributed by atoms with van der Waals surface area (Å²) in [4.78, 5) is 1.42. The van der Waals surface area contributed by atoms with Gasteiger partial charge in [-0.25, -0.2) is 0 Å². The molecule has 0 radical (unpaired) electrons. The molecule has 1 aromatic heterocycles. The Labute approximate surface area is 105 Å². The number of nitrogens with one attached hydrogen (secondary N) is 1. The summed E-state index contributed by atoms with van der Waals surface area (Å²) in [6.07, 6.45) is 1.18. The molecule has 0 amide bonds. The summed E-state index contributed by atoms with van der Waals surface area (Å²) in [5.41, 5.74) is 0.263. The maximum Gasteiger partial charge on any atom is 0.0701 e. The van der Waals surface area contributed by atoms with E-state index in [4.69, 9.17) is 0 Å². The van der Waals surface area contributed by atoms with Crippen molar-refractivity contribution in [3.05, 3.63) is 20.8 Å². The molecule has 1 heterocycles. The minimum absolute atomic E-state index is 0.263. The Hall–Kier alpha value is 0.140. The maximum absolute atomic E-state index is 3.63. The van der Waals surface area contributed by atoms with E-state index in [0.29, 0.717) is 6.04 Å². The van der Waals surface area contributed by atoms with Crippen molar-refractivity contribution < 1.29 is 0 Å². The van der Waals surface area contributed by atoms with E-state index in [1.54, 1.807) is 0 Å². The van der Waals surface area contributed by atoms with Gasteiger partial charge in [0.15, 0.2) is 0 Å². The van der Waals surface area contributed by atoms with Crippen LogP contribution in [0.4, 0.5) is 0 Å². The summed E-state index contributed by atoms with van der Waals surface area (Å²) in [7, 11) is 0. The van der Waals surface area contributed by atoms with Crippen molar-refractivity contribution in [3.63, 3.8) is 0 Å². The summed E-state index contributed by atoms with van der Waals surface area (Å²) in [6, 6.07) is 4.80. The zero-order chi connectivity index (χ0) is 11.5. The summed E-state index contributed by atoms with van der Waals surface area (Å²) in [5.74, 6) is 0. The molecule has 0 aliphatic rings. The molecule has 0 aliphatic heterocycles. The lowest BCUT2D eigenvalue weighted by Crippen LogP contribution is -2.32. The first kappa shape index (κ1) is 13.2. The third kappa shape index (κ3) is 3.89. The van der Waals surface area contributed by atoms with Crippen LogP contribution in [0.15, 0.2) is 15.9 Å². The highest BCUT2D eigenvalue weighted by Crippen LogP contribution is 2.37. The largest absolute Gasteiger partial charge is 0.309 e. The van der Waals surface area contributed by atoms with E-state index in [9.17, 15) is 0 Å². The molecular formula is C12H20BrNS. The van der Waals surface area contributed by atoms with Crippen molar-refractivity contribution in [2.24, 2.45) is 5.41 Å². The number of hydrogen-bond acceptors (Lipinski definition) is 2. The van der Waals surface area contributed by atoms with Gasteiger partial charge in [-0.1, -0.05) is 27.7 Å². The van der Waals surface area contributed by atoms with Crippen molar-refractivity contribution in [1.29, 1.82) is 0 Å². The summed E-state index contributed by atoms with van der Waals surface area (Å²) in [6.45, 7) is 10.1. The molecule has 1 rings (SSSR count). The zero-order valence-electron chi connectivity index (χ0n) is 9.93. The molecule has 1 unspecified atom stereocenters. The fraction of sp³-hybridized carbons (Fsp3) is 0.667. The number of halogens is 1. The molecule has 1 nitrogen and oxygen atoms in total. The van der Waals surface area contributed by atoms with Crippen LogP contribution in [-0.4, -0.2) is 6.54 Å². The highest BCUT2D eigenvalue weighted by atomic mass is 79.9. The van der Waals surface area contributed by atoms with Gasteiger partial charge in [-0.3, -0.25) is 0 Å².